The zero-order valence-electron chi connectivity index (χ0n) is 17.2. The second-order valence-corrected chi connectivity index (χ2v) is 7.47. The van der Waals surface area contributed by atoms with E-state index in [0.717, 1.165) is 22.0 Å². The maximum Gasteiger partial charge on any atom is 0.252 e. The van der Waals surface area contributed by atoms with Crippen LogP contribution in [0.1, 0.15) is 32.6 Å². The molecule has 0 spiro atoms. The van der Waals surface area contributed by atoms with Gasteiger partial charge in [0.1, 0.15) is 6.61 Å². The van der Waals surface area contributed by atoms with Gasteiger partial charge in [-0.3, -0.25) is 4.79 Å². The van der Waals surface area contributed by atoms with E-state index in [-0.39, 0.29) is 5.91 Å². The lowest BCUT2D eigenvalue weighted by molar-refractivity contribution is 0.0952. The molecule has 0 aliphatic rings. The molecule has 4 aromatic rings. The minimum atomic E-state index is -0.144. The third-order valence-electron chi connectivity index (χ3n) is 5.02. The molecule has 0 saturated carbocycles. The highest BCUT2D eigenvalue weighted by Crippen LogP contribution is 2.23. The molecule has 4 rings (SSSR count). The van der Waals surface area contributed by atoms with E-state index in [1.165, 1.54) is 11.1 Å². The number of hydrogen-bond acceptors (Lipinski definition) is 3. The van der Waals surface area contributed by atoms with E-state index >= 15 is 0 Å². The topological polar surface area (TPSA) is 51.2 Å². The van der Waals surface area contributed by atoms with E-state index in [0.29, 0.717) is 24.6 Å². The number of pyridine rings is 1. The molecular formula is C26H24N2O2. The molecule has 30 heavy (non-hydrogen) atoms. The fourth-order valence-corrected chi connectivity index (χ4v) is 3.24. The van der Waals surface area contributed by atoms with Crippen LogP contribution < -0.4 is 10.1 Å². The summed E-state index contributed by atoms with van der Waals surface area (Å²) < 4.78 is 5.92. The number of nitrogens with one attached hydrogen (secondary N) is 1. The monoisotopic (exact) mass is 396 g/mol. The minimum absolute atomic E-state index is 0.144. The first-order chi connectivity index (χ1) is 14.6. The Morgan fingerprint density at radius 3 is 2.20 bits per heavy atom. The first-order valence-corrected chi connectivity index (χ1v) is 10.0. The summed E-state index contributed by atoms with van der Waals surface area (Å²) in [6.07, 6.45) is 0. The summed E-state index contributed by atoms with van der Waals surface area (Å²) in [4.78, 5) is 17.5. The number of benzene rings is 3. The molecule has 0 fully saturated rings. The van der Waals surface area contributed by atoms with Crippen molar-refractivity contribution in [3.05, 3.63) is 107 Å². The number of amides is 1. The van der Waals surface area contributed by atoms with Crippen molar-refractivity contribution in [3.8, 4) is 5.88 Å². The fourth-order valence-electron chi connectivity index (χ4n) is 3.24. The second-order valence-electron chi connectivity index (χ2n) is 7.47. The maximum atomic E-state index is 13.0. The highest BCUT2D eigenvalue weighted by atomic mass is 16.5. The molecule has 1 amide bonds. The molecule has 1 N–H and O–H groups in total. The molecule has 150 valence electrons. The smallest absolute Gasteiger partial charge is 0.252 e. The lowest BCUT2D eigenvalue weighted by Crippen LogP contribution is -2.23. The van der Waals surface area contributed by atoms with Crippen molar-refractivity contribution in [1.82, 2.24) is 10.3 Å². The fraction of sp³-hybridized carbons (Fsp3) is 0.154. The Bertz CT molecular complexity index is 1170. The summed E-state index contributed by atoms with van der Waals surface area (Å²) in [5, 5.41) is 3.82. The Kier molecular flexibility index (Phi) is 5.75. The summed E-state index contributed by atoms with van der Waals surface area (Å²) in [6.45, 7) is 4.96. The van der Waals surface area contributed by atoms with Crippen LogP contribution >= 0.6 is 0 Å². The first-order valence-electron chi connectivity index (χ1n) is 10.0. The lowest BCUT2D eigenvalue weighted by Gasteiger charge is -2.12. The molecule has 0 unspecified atom stereocenters. The Balaban J connectivity index is 1.55. The van der Waals surface area contributed by atoms with Gasteiger partial charge in [0.15, 0.2) is 0 Å². The van der Waals surface area contributed by atoms with E-state index in [4.69, 9.17) is 4.74 Å². The average Bonchev–Trinajstić information content (AvgIpc) is 2.77. The van der Waals surface area contributed by atoms with Gasteiger partial charge in [-0.05, 0) is 31.0 Å². The molecule has 0 atom stereocenters. The number of hydrogen-bond donors (Lipinski definition) is 1. The molecule has 0 aliphatic heterocycles. The van der Waals surface area contributed by atoms with Crippen LogP contribution in [0.2, 0.25) is 0 Å². The summed E-state index contributed by atoms with van der Waals surface area (Å²) in [7, 11) is 0. The van der Waals surface area contributed by atoms with Crippen molar-refractivity contribution in [2.24, 2.45) is 0 Å². The van der Waals surface area contributed by atoms with Crippen molar-refractivity contribution in [1.29, 1.82) is 0 Å². The summed E-state index contributed by atoms with van der Waals surface area (Å²) >= 11 is 0. The molecule has 4 nitrogen and oxygen atoms in total. The van der Waals surface area contributed by atoms with Crippen LogP contribution in [0, 0.1) is 13.8 Å². The predicted octanol–water partition coefficient (Wildman–Crippen LogP) is 5.36. The number of aryl methyl sites for hydroxylation is 2. The highest BCUT2D eigenvalue weighted by Gasteiger charge is 2.14. The van der Waals surface area contributed by atoms with Crippen LogP contribution in [0.4, 0.5) is 0 Å². The number of carbonyl (C=O) groups excluding carboxylic acids is 1. The Morgan fingerprint density at radius 2 is 1.50 bits per heavy atom. The Hall–Kier alpha value is -3.66. The molecule has 1 heterocycles. The van der Waals surface area contributed by atoms with Gasteiger partial charge in [0.2, 0.25) is 5.88 Å². The third kappa shape index (κ3) is 4.66. The molecule has 0 radical (unpaired) electrons. The SMILES string of the molecule is Cc1ccc(CNC(=O)c2cc(OCc3ccc(C)cc3)nc3ccccc23)cc1. The molecule has 0 aliphatic carbocycles. The van der Waals surface area contributed by atoms with Gasteiger partial charge in [-0.15, -0.1) is 0 Å². The Morgan fingerprint density at radius 1 is 0.867 bits per heavy atom. The third-order valence-corrected chi connectivity index (χ3v) is 5.02. The number of rotatable bonds is 6. The summed E-state index contributed by atoms with van der Waals surface area (Å²) in [5.74, 6) is 0.295. The zero-order valence-corrected chi connectivity index (χ0v) is 17.2. The highest BCUT2D eigenvalue weighted by molar-refractivity contribution is 6.06. The van der Waals surface area contributed by atoms with E-state index in [2.05, 4.69) is 29.4 Å². The normalized spacial score (nSPS) is 10.7. The molecule has 4 heteroatoms. The van der Waals surface area contributed by atoms with E-state index in [9.17, 15) is 4.79 Å². The van der Waals surface area contributed by atoms with Crippen LogP contribution in [0.3, 0.4) is 0 Å². The van der Waals surface area contributed by atoms with Gasteiger partial charge < -0.3 is 10.1 Å². The summed E-state index contributed by atoms with van der Waals surface area (Å²) in [6, 6.07) is 25.6. The molecule has 1 aromatic heterocycles. The van der Waals surface area contributed by atoms with Crippen molar-refractivity contribution >= 4 is 16.8 Å². The number of carbonyl (C=O) groups is 1. The van der Waals surface area contributed by atoms with Crippen LogP contribution in [0.25, 0.3) is 10.9 Å². The zero-order chi connectivity index (χ0) is 20.9. The lowest BCUT2D eigenvalue weighted by atomic mass is 10.1. The van der Waals surface area contributed by atoms with Crippen LogP contribution in [0.5, 0.6) is 5.88 Å². The van der Waals surface area contributed by atoms with Crippen molar-refractivity contribution < 1.29 is 9.53 Å². The number of aromatic nitrogens is 1. The molecular weight excluding hydrogens is 372 g/mol. The second kappa shape index (κ2) is 8.78. The molecule has 0 saturated heterocycles. The number of ether oxygens (including phenoxy) is 1. The van der Waals surface area contributed by atoms with Crippen LogP contribution in [-0.2, 0) is 13.2 Å². The van der Waals surface area contributed by atoms with Gasteiger partial charge in [0.25, 0.3) is 5.91 Å². The minimum Gasteiger partial charge on any atom is -0.473 e. The van der Waals surface area contributed by atoms with Gasteiger partial charge in [0, 0.05) is 18.0 Å². The predicted molar refractivity (Wildman–Crippen MR) is 120 cm³/mol. The quantitative estimate of drug-likeness (QED) is 0.477. The Labute approximate surface area is 176 Å². The first kappa shape index (κ1) is 19.6. The molecule has 3 aromatic carbocycles. The van der Waals surface area contributed by atoms with E-state index in [1.807, 2.05) is 67.6 Å². The van der Waals surface area contributed by atoms with Gasteiger partial charge in [-0.2, -0.15) is 0 Å². The number of nitrogens with zero attached hydrogens (tertiary/aromatic N) is 1. The van der Waals surface area contributed by atoms with Crippen LogP contribution in [-0.4, -0.2) is 10.9 Å². The van der Waals surface area contributed by atoms with Gasteiger partial charge in [0.05, 0.1) is 11.1 Å². The van der Waals surface area contributed by atoms with E-state index in [1.54, 1.807) is 6.07 Å². The van der Waals surface area contributed by atoms with Gasteiger partial charge in [-0.1, -0.05) is 77.9 Å². The standard InChI is InChI=1S/C26H24N2O2/c1-18-7-11-20(12-8-18)16-27-26(29)23-15-25(28-24-6-4-3-5-22(23)24)30-17-21-13-9-19(2)10-14-21/h3-15H,16-17H2,1-2H3,(H,27,29). The van der Waals surface area contributed by atoms with Crippen molar-refractivity contribution in [3.63, 3.8) is 0 Å². The van der Waals surface area contributed by atoms with Crippen molar-refractivity contribution in [2.45, 2.75) is 27.0 Å². The largest absolute Gasteiger partial charge is 0.473 e. The average molecular weight is 396 g/mol. The number of fused-ring (bicyclic) bond motifs is 1. The molecule has 0 bridgehead atoms. The van der Waals surface area contributed by atoms with Gasteiger partial charge >= 0.3 is 0 Å². The van der Waals surface area contributed by atoms with Crippen molar-refractivity contribution in [2.75, 3.05) is 0 Å². The summed E-state index contributed by atoms with van der Waals surface area (Å²) in [5.41, 5.74) is 5.81. The van der Waals surface area contributed by atoms with Gasteiger partial charge in [-0.25, -0.2) is 4.98 Å². The number of para-hydroxylation sites is 1. The van der Waals surface area contributed by atoms with Crippen LogP contribution in [0.15, 0.2) is 78.9 Å². The van der Waals surface area contributed by atoms with E-state index < -0.39 is 0 Å². The maximum absolute atomic E-state index is 13.0.